The van der Waals surface area contributed by atoms with Gasteiger partial charge in [-0.2, -0.15) is 0 Å². The van der Waals surface area contributed by atoms with Gasteiger partial charge < -0.3 is 10.4 Å². The highest BCUT2D eigenvalue weighted by Gasteiger charge is 2.21. The molecule has 19 heavy (non-hydrogen) atoms. The summed E-state index contributed by atoms with van der Waals surface area (Å²) in [5.74, 6) is 4.06. The van der Waals surface area contributed by atoms with E-state index in [1.54, 1.807) is 0 Å². The molecule has 0 unspecified atom stereocenters. The van der Waals surface area contributed by atoms with Gasteiger partial charge in [-0.1, -0.05) is 18.8 Å². The van der Waals surface area contributed by atoms with E-state index in [2.05, 4.69) is 17.2 Å². The minimum absolute atomic E-state index is 0.0359. The molecule has 0 aliphatic heterocycles. The molecule has 1 aromatic carbocycles. The molecule has 0 spiro atoms. The predicted molar refractivity (Wildman–Crippen MR) is 72.2 cm³/mol. The SMILES string of the molecule is CCC(C)(C)NC(=O)c1cc(C#CCO)ccc1F. The zero-order valence-corrected chi connectivity index (χ0v) is 11.4. The van der Waals surface area contributed by atoms with Crippen LogP contribution in [0.5, 0.6) is 0 Å². The second-order valence-corrected chi connectivity index (χ2v) is 4.85. The van der Waals surface area contributed by atoms with Crippen LogP contribution in [0, 0.1) is 17.7 Å². The minimum Gasteiger partial charge on any atom is -0.384 e. The van der Waals surface area contributed by atoms with Gasteiger partial charge in [0.2, 0.25) is 0 Å². The third-order valence-electron chi connectivity index (χ3n) is 2.86. The quantitative estimate of drug-likeness (QED) is 0.820. The summed E-state index contributed by atoms with van der Waals surface area (Å²) in [6.45, 7) is 5.41. The number of hydrogen-bond donors (Lipinski definition) is 2. The van der Waals surface area contributed by atoms with E-state index in [1.165, 1.54) is 18.2 Å². The van der Waals surface area contributed by atoms with E-state index in [0.717, 1.165) is 6.42 Å². The van der Waals surface area contributed by atoms with Crippen LogP contribution >= 0.6 is 0 Å². The lowest BCUT2D eigenvalue weighted by Gasteiger charge is -2.24. The van der Waals surface area contributed by atoms with Gasteiger partial charge >= 0.3 is 0 Å². The van der Waals surface area contributed by atoms with E-state index in [1.807, 2.05) is 20.8 Å². The number of carbonyl (C=O) groups excluding carboxylic acids is 1. The van der Waals surface area contributed by atoms with Crippen LogP contribution in [0.4, 0.5) is 4.39 Å². The fourth-order valence-electron chi connectivity index (χ4n) is 1.38. The van der Waals surface area contributed by atoms with Gasteiger partial charge in [0.25, 0.3) is 5.91 Å². The Bertz CT molecular complexity index is 527. The first-order chi connectivity index (χ1) is 8.89. The molecule has 0 fully saturated rings. The maximum Gasteiger partial charge on any atom is 0.254 e. The maximum atomic E-state index is 13.7. The molecule has 0 atom stereocenters. The second-order valence-electron chi connectivity index (χ2n) is 4.85. The van der Waals surface area contributed by atoms with Gasteiger partial charge in [0, 0.05) is 11.1 Å². The smallest absolute Gasteiger partial charge is 0.254 e. The summed E-state index contributed by atoms with van der Waals surface area (Å²) in [7, 11) is 0. The van der Waals surface area contributed by atoms with Gasteiger partial charge in [0.15, 0.2) is 0 Å². The molecule has 0 aromatic heterocycles. The van der Waals surface area contributed by atoms with Crippen molar-refractivity contribution in [3.8, 4) is 11.8 Å². The summed E-state index contributed by atoms with van der Waals surface area (Å²) in [5.41, 5.74) is 0.0669. The average Bonchev–Trinajstić information content (AvgIpc) is 2.37. The first-order valence-electron chi connectivity index (χ1n) is 6.11. The monoisotopic (exact) mass is 263 g/mol. The molecule has 0 radical (unpaired) electrons. The summed E-state index contributed by atoms with van der Waals surface area (Å²) in [6.07, 6.45) is 0.740. The summed E-state index contributed by atoms with van der Waals surface area (Å²) in [6, 6.07) is 4.06. The van der Waals surface area contributed by atoms with Crippen molar-refractivity contribution >= 4 is 5.91 Å². The molecular formula is C15H18FNO2. The largest absolute Gasteiger partial charge is 0.384 e. The standard InChI is InChI=1S/C15H18FNO2/c1-4-15(2,3)17-14(19)12-10-11(6-5-9-18)7-8-13(12)16/h7-8,10,18H,4,9H2,1-3H3,(H,17,19). The molecule has 0 aliphatic rings. The number of carbonyl (C=O) groups is 1. The molecule has 0 saturated carbocycles. The van der Waals surface area contributed by atoms with Crippen molar-refractivity contribution in [2.75, 3.05) is 6.61 Å². The highest BCUT2D eigenvalue weighted by Crippen LogP contribution is 2.13. The number of benzene rings is 1. The Kier molecular flexibility index (Phi) is 5.08. The van der Waals surface area contributed by atoms with E-state index in [-0.39, 0.29) is 12.2 Å². The summed E-state index contributed by atoms with van der Waals surface area (Å²) < 4.78 is 13.7. The molecule has 102 valence electrons. The van der Waals surface area contributed by atoms with Crippen molar-refractivity contribution in [3.05, 3.63) is 35.1 Å². The first kappa shape index (κ1) is 15.2. The van der Waals surface area contributed by atoms with Gasteiger partial charge in [0.05, 0.1) is 5.56 Å². The lowest BCUT2D eigenvalue weighted by Crippen LogP contribution is -2.43. The van der Waals surface area contributed by atoms with Gasteiger partial charge in [-0.25, -0.2) is 4.39 Å². The van der Waals surface area contributed by atoms with E-state index in [9.17, 15) is 9.18 Å². The fraction of sp³-hybridized carbons (Fsp3) is 0.400. The van der Waals surface area contributed by atoms with Gasteiger partial charge in [-0.3, -0.25) is 4.79 Å². The zero-order valence-electron chi connectivity index (χ0n) is 11.4. The van der Waals surface area contributed by atoms with Crippen molar-refractivity contribution in [2.24, 2.45) is 0 Å². The Morgan fingerprint density at radius 3 is 2.74 bits per heavy atom. The van der Waals surface area contributed by atoms with Crippen LogP contribution in [0.2, 0.25) is 0 Å². The molecule has 0 heterocycles. The number of amides is 1. The third-order valence-corrected chi connectivity index (χ3v) is 2.86. The Balaban J connectivity index is 3.02. The van der Waals surface area contributed by atoms with Gasteiger partial charge in [-0.15, -0.1) is 0 Å². The molecule has 1 amide bonds. The van der Waals surface area contributed by atoms with Crippen LogP contribution in [0.15, 0.2) is 18.2 Å². The number of halogens is 1. The van der Waals surface area contributed by atoms with Crippen LogP contribution in [0.25, 0.3) is 0 Å². The van der Waals surface area contributed by atoms with Crippen molar-refractivity contribution in [3.63, 3.8) is 0 Å². The minimum atomic E-state index is -0.584. The number of aliphatic hydroxyl groups excluding tert-OH is 1. The molecule has 4 heteroatoms. The molecular weight excluding hydrogens is 245 g/mol. The molecule has 3 nitrogen and oxygen atoms in total. The Morgan fingerprint density at radius 1 is 1.47 bits per heavy atom. The summed E-state index contributed by atoms with van der Waals surface area (Å²) in [5, 5.41) is 11.4. The van der Waals surface area contributed by atoms with Crippen molar-refractivity contribution in [1.82, 2.24) is 5.32 Å². The fourth-order valence-corrected chi connectivity index (χ4v) is 1.38. The number of nitrogens with one attached hydrogen (secondary N) is 1. The molecule has 1 aromatic rings. The molecule has 0 bridgehead atoms. The van der Waals surface area contributed by atoms with Crippen LogP contribution < -0.4 is 5.32 Å². The van der Waals surface area contributed by atoms with Gasteiger partial charge in [0.1, 0.15) is 12.4 Å². The maximum absolute atomic E-state index is 13.7. The first-order valence-corrected chi connectivity index (χ1v) is 6.11. The highest BCUT2D eigenvalue weighted by atomic mass is 19.1. The topological polar surface area (TPSA) is 49.3 Å². The molecule has 2 N–H and O–H groups in total. The Morgan fingerprint density at radius 2 is 2.16 bits per heavy atom. The Labute approximate surface area is 112 Å². The number of aliphatic hydroxyl groups is 1. The Hall–Kier alpha value is -1.86. The van der Waals surface area contributed by atoms with Crippen LogP contribution in [-0.4, -0.2) is 23.2 Å². The average molecular weight is 263 g/mol. The zero-order chi connectivity index (χ0) is 14.5. The number of hydrogen-bond acceptors (Lipinski definition) is 2. The van der Waals surface area contributed by atoms with Crippen LogP contribution in [0.3, 0.4) is 0 Å². The predicted octanol–water partition coefficient (Wildman–Crippen LogP) is 2.09. The van der Waals surface area contributed by atoms with Crippen LogP contribution in [-0.2, 0) is 0 Å². The molecule has 1 rings (SSSR count). The van der Waals surface area contributed by atoms with E-state index in [0.29, 0.717) is 5.56 Å². The van der Waals surface area contributed by atoms with Crippen molar-refractivity contribution in [2.45, 2.75) is 32.7 Å². The second kappa shape index (κ2) is 6.35. The molecule has 0 aliphatic carbocycles. The lowest BCUT2D eigenvalue weighted by atomic mass is 10.0. The highest BCUT2D eigenvalue weighted by molar-refractivity contribution is 5.95. The van der Waals surface area contributed by atoms with E-state index >= 15 is 0 Å². The number of rotatable bonds is 3. The molecule has 0 saturated heterocycles. The normalized spacial score (nSPS) is 10.6. The van der Waals surface area contributed by atoms with E-state index < -0.39 is 17.3 Å². The van der Waals surface area contributed by atoms with Crippen molar-refractivity contribution in [1.29, 1.82) is 0 Å². The van der Waals surface area contributed by atoms with Crippen molar-refractivity contribution < 1.29 is 14.3 Å². The summed E-state index contributed by atoms with van der Waals surface area (Å²) in [4.78, 5) is 12.0. The van der Waals surface area contributed by atoms with E-state index in [4.69, 9.17) is 5.11 Å². The van der Waals surface area contributed by atoms with Gasteiger partial charge in [-0.05, 0) is 38.5 Å². The lowest BCUT2D eigenvalue weighted by molar-refractivity contribution is 0.0907. The third kappa shape index (κ3) is 4.38. The summed E-state index contributed by atoms with van der Waals surface area (Å²) >= 11 is 0. The van der Waals surface area contributed by atoms with Crippen LogP contribution in [0.1, 0.15) is 43.1 Å².